The third kappa shape index (κ3) is 3.02. The van der Waals surface area contributed by atoms with Crippen molar-refractivity contribution in [2.75, 3.05) is 13.1 Å². The zero-order valence-corrected chi connectivity index (χ0v) is 15.1. The van der Waals surface area contributed by atoms with Crippen molar-refractivity contribution in [2.45, 2.75) is 56.8 Å². The van der Waals surface area contributed by atoms with E-state index in [1.54, 1.807) is 12.1 Å². The molecule has 6 heteroatoms. The van der Waals surface area contributed by atoms with Crippen LogP contribution in [-0.4, -0.2) is 34.0 Å². The second-order valence-electron chi connectivity index (χ2n) is 7.54. The van der Waals surface area contributed by atoms with E-state index < -0.39 is 5.41 Å². The van der Waals surface area contributed by atoms with Crippen LogP contribution in [0.25, 0.3) is 0 Å². The lowest BCUT2D eigenvalue weighted by atomic mass is 9.77. The molecule has 0 unspecified atom stereocenters. The number of likely N-dealkylation sites (tertiary alicyclic amines) is 1. The fraction of sp³-hybridized carbons (Fsp3) is 0.550. The standard InChI is InChI=1S/C20H24FN3O2/c1-14-22-18(26-23-14)15-8-12-24(13-9-15)19(25)20(10-2-3-11-20)16-4-6-17(21)7-5-16/h4-7,15H,2-3,8-13H2,1H3. The summed E-state index contributed by atoms with van der Waals surface area (Å²) in [7, 11) is 0. The number of hydrogen-bond donors (Lipinski definition) is 0. The molecule has 2 fully saturated rings. The van der Waals surface area contributed by atoms with Gasteiger partial charge >= 0.3 is 0 Å². The summed E-state index contributed by atoms with van der Waals surface area (Å²) >= 11 is 0. The van der Waals surface area contributed by atoms with Gasteiger partial charge in [-0.3, -0.25) is 4.79 Å². The molecule has 0 atom stereocenters. The van der Waals surface area contributed by atoms with Gasteiger partial charge in [0.05, 0.1) is 5.41 Å². The largest absolute Gasteiger partial charge is 0.342 e. The molecule has 1 aliphatic carbocycles. The number of aromatic nitrogens is 2. The Morgan fingerprint density at radius 2 is 1.85 bits per heavy atom. The molecule has 1 saturated carbocycles. The Hall–Kier alpha value is -2.24. The third-order valence-electron chi connectivity index (χ3n) is 5.94. The van der Waals surface area contributed by atoms with Gasteiger partial charge in [0.2, 0.25) is 11.8 Å². The first-order chi connectivity index (χ1) is 12.6. The maximum Gasteiger partial charge on any atom is 0.233 e. The summed E-state index contributed by atoms with van der Waals surface area (Å²) in [5.41, 5.74) is 0.470. The Labute approximate surface area is 152 Å². The van der Waals surface area contributed by atoms with E-state index in [4.69, 9.17) is 4.52 Å². The van der Waals surface area contributed by atoms with Crippen molar-refractivity contribution >= 4 is 5.91 Å². The average molecular weight is 357 g/mol. The maximum atomic E-state index is 13.4. The summed E-state index contributed by atoms with van der Waals surface area (Å²) < 4.78 is 18.6. The number of carbonyl (C=O) groups excluding carboxylic acids is 1. The van der Waals surface area contributed by atoms with Crippen LogP contribution in [0.3, 0.4) is 0 Å². The zero-order valence-electron chi connectivity index (χ0n) is 15.1. The molecule has 1 saturated heterocycles. The number of hydrogen-bond acceptors (Lipinski definition) is 4. The highest BCUT2D eigenvalue weighted by atomic mass is 19.1. The van der Waals surface area contributed by atoms with Crippen molar-refractivity contribution < 1.29 is 13.7 Å². The molecule has 1 aliphatic heterocycles. The molecule has 1 amide bonds. The molecule has 26 heavy (non-hydrogen) atoms. The number of nitrogens with zero attached hydrogens (tertiary/aromatic N) is 3. The second kappa shape index (κ2) is 6.82. The minimum absolute atomic E-state index is 0.196. The number of aryl methyl sites for hydroxylation is 1. The molecule has 138 valence electrons. The summed E-state index contributed by atoms with van der Waals surface area (Å²) in [6.07, 6.45) is 5.46. The fourth-order valence-electron chi connectivity index (χ4n) is 4.48. The summed E-state index contributed by atoms with van der Waals surface area (Å²) in [5, 5.41) is 3.87. The van der Waals surface area contributed by atoms with E-state index in [2.05, 4.69) is 10.1 Å². The highest BCUT2D eigenvalue weighted by molar-refractivity contribution is 5.88. The van der Waals surface area contributed by atoms with Crippen LogP contribution in [0, 0.1) is 12.7 Å². The van der Waals surface area contributed by atoms with Crippen molar-refractivity contribution in [1.82, 2.24) is 15.0 Å². The van der Waals surface area contributed by atoms with Crippen LogP contribution >= 0.6 is 0 Å². The molecule has 0 N–H and O–H groups in total. The lowest BCUT2D eigenvalue weighted by Gasteiger charge is -2.38. The van der Waals surface area contributed by atoms with E-state index in [0.29, 0.717) is 24.8 Å². The van der Waals surface area contributed by atoms with Crippen molar-refractivity contribution in [3.63, 3.8) is 0 Å². The van der Waals surface area contributed by atoms with Gasteiger partial charge in [-0.2, -0.15) is 4.98 Å². The number of rotatable bonds is 3. The van der Waals surface area contributed by atoms with Gasteiger partial charge in [-0.1, -0.05) is 30.1 Å². The van der Waals surface area contributed by atoms with E-state index in [0.717, 1.165) is 44.1 Å². The average Bonchev–Trinajstić information content (AvgIpc) is 3.32. The van der Waals surface area contributed by atoms with E-state index in [1.807, 2.05) is 11.8 Å². The molecule has 0 radical (unpaired) electrons. The van der Waals surface area contributed by atoms with E-state index >= 15 is 0 Å². The van der Waals surface area contributed by atoms with Crippen LogP contribution in [0.1, 0.15) is 61.7 Å². The molecule has 5 nitrogen and oxygen atoms in total. The van der Waals surface area contributed by atoms with Gasteiger partial charge in [0.25, 0.3) is 0 Å². The van der Waals surface area contributed by atoms with Crippen molar-refractivity contribution in [1.29, 1.82) is 0 Å². The van der Waals surface area contributed by atoms with Crippen molar-refractivity contribution in [3.8, 4) is 0 Å². The van der Waals surface area contributed by atoms with Crippen molar-refractivity contribution in [2.24, 2.45) is 0 Å². The first-order valence-electron chi connectivity index (χ1n) is 9.44. The monoisotopic (exact) mass is 357 g/mol. The van der Waals surface area contributed by atoms with Crippen LogP contribution in [0.15, 0.2) is 28.8 Å². The molecule has 2 aromatic rings. The first kappa shape index (κ1) is 17.2. The molecule has 4 rings (SSSR count). The summed E-state index contributed by atoms with van der Waals surface area (Å²) in [5.74, 6) is 1.50. The van der Waals surface area contributed by atoms with Crippen LogP contribution in [0.4, 0.5) is 4.39 Å². The van der Waals surface area contributed by atoms with Gasteiger partial charge in [-0.15, -0.1) is 0 Å². The molecule has 0 bridgehead atoms. The van der Waals surface area contributed by atoms with E-state index in [9.17, 15) is 9.18 Å². The first-order valence-corrected chi connectivity index (χ1v) is 9.44. The van der Waals surface area contributed by atoms with Gasteiger partial charge in [-0.05, 0) is 50.3 Å². The Kier molecular flexibility index (Phi) is 4.51. The van der Waals surface area contributed by atoms with Gasteiger partial charge in [0.15, 0.2) is 5.82 Å². The number of amides is 1. The predicted molar refractivity (Wildman–Crippen MR) is 94.1 cm³/mol. The number of piperidine rings is 1. The quantitative estimate of drug-likeness (QED) is 0.840. The molecular formula is C20H24FN3O2. The van der Waals surface area contributed by atoms with Crippen molar-refractivity contribution in [3.05, 3.63) is 47.4 Å². The Bertz CT molecular complexity index is 773. The lowest BCUT2D eigenvalue weighted by molar-refractivity contribution is -0.138. The number of halogens is 1. The Morgan fingerprint density at radius 3 is 2.42 bits per heavy atom. The molecule has 2 aliphatic rings. The van der Waals surface area contributed by atoms with E-state index in [1.165, 1.54) is 12.1 Å². The lowest BCUT2D eigenvalue weighted by Crippen LogP contribution is -2.48. The van der Waals surface area contributed by atoms with Crippen LogP contribution in [-0.2, 0) is 10.2 Å². The van der Waals surface area contributed by atoms with Crippen LogP contribution < -0.4 is 0 Å². The van der Waals surface area contributed by atoms with Crippen LogP contribution in [0.2, 0.25) is 0 Å². The summed E-state index contributed by atoms with van der Waals surface area (Å²) in [4.78, 5) is 19.8. The Morgan fingerprint density at radius 1 is 1.19 bits per heavy atom. The smallest absolute Gasteiger partial charge is 0.233 e. The SMILES string of the molecule is Cc1noc(C2CCN(C(=O)C3(c4ccc(F)cc4)CCCC3)CC2)n1. The normalized spacial score (nSPS) is 20.5. The third-order valence-corrected chi connectivity index (χ3v) is 5.94. The van der Waals surface area contributed by atoms with Crippen LogP contribution in [0.5, 0.6) is 0 Å². The molecular weight excluding hydrogens is 333 g/mol. The summed E-state index contributed by atoms with van der Waals surface area (Å²) in [6.45, 7) is 3.22. The maximum absolute atomic E-state index is 13.4. The molecule has 0 spiro atoms. The van der Waals surface area contributed by atoms with Gasteiger partial charge < -0.3 is 9.42 Å². The molecule has 2 heterocycles. The van der Waals surface area contributed by atoms with Gasteiger partial charge in [0.1, 0.15) is 5.82 Å². The van der Waals surface area contributed by atoms with Gasteiger partial charge in [-0.25, -0.2) is 4.39 Å². The van der Waals surface area contributed by atoms with E-state index in [-0.39, 0.29) is 17.6 Å². The highest BCUT2D eigenvalue weighted by Gasteiger charge is 2.45. The minimum atomic E-state index is -0.485. The molecule has 1 aromatic heterocycles. The number of benzene rings is 1. The zero-order chi connectivity index (χ0) is 18.1. The number of carbonyl (C=O) groups is 1. The minimum Gasteiger partial charge on any atom is -0.342 e. The topological polar surface area (TPSA) is 59.2 Å². The summed E-state index contributed by atoms with van der Waals surface area (Å²) in [6, 6.07) is 6.50. The molecule has 1 aromatic carbocycles. The fourth-order valence-corrected chi connectivity index (χ4v) is 4.48. The Balaban J connectivity index is 1.50. The highest BCUT2D eigenvalue weighted by Crippen LogP contribution is 2.43. The van der Waals surface area contributed by atoms with Gasteiger partial charge in [0, 0.05) is 19.0 Å². The second-order valence-corrected chi connectivity index (χ2v) is 7.54. The predicted octanol–water partition coefficient (Wildman–Crippen LogP) is 3.74.